The second kappa shape index (κ2) is 7.62. The fourth-order valence-electron chi connectivity index (χ4n) is 2.66. The SMILES string of the molecule is CC(C)c1ccc(S(=O)(=O)NCC(O)(c2ccsc2)c2cccs2)cc1. The summed E-state index contributed by atoms with van der Waals surface area (Å²) in [6.07, 6.45) is 0. The van der Waals surface area contributed by atoms with Gasteiger partial charge < -0.3 is 5.11 Å². The lowest BCUT2D eigenvalue weighted by atomic mass is 9.95. The zero-order valence-electron chi connectivity index (χ0n) is 14.5. The van der Waals surface area contributed by atoms with E-state index >= 15 is 0 Å². The molecular formula is C19H21NO3S3. The van der Waals surface area contributed by atoms with Gasteiger partial charge in [-0.3, -0.25) is 0 Å². The van der Waals surface area contributed by atoms with Crippen LogP contribution in [0.15, 0.2) is 63.5 Å². The maximum atomic E-state index is 12.7. The van der Waals surface area contributed by atoms with Crippen molar-refractivity contribution in [2.75, 3.05) is 6.54 Å². The lowest BCUT2D eigenvalue weighted by Crippen LogP contribution is -2.40. The van der Waals surface area contributed by atoms with Crippen LogP contribution in [0.2, 0.25) is 0 Å². The van der Waals surface area contributed by atoms with Crippen molar-refractivity contribution < 1.29 is 13.5 Å². The molecule has 0 spiro atoms. The summed E-state index contributed by atoms with van der Waals surface area (Å²) in [6, 6.07) is 12.3. The van der Waals surface area contributed by atoms with E-state index in [0.717, 1.165) is 5.56 Å². The predicted molar refractivity (Wildman–Crippen MR) is 107 cm³/mol. The lowest BCUT2D eigenvalue weighted by Gasteiger charge is -2.27. The summed E-state index contributed by atoms with van der Waals surface area (Å²) in [4.78, 5) is 0.898. The highest BCUT2D eigenvalue weighted by molar-refractivity contribution is 7.89. The predicted octanol–water partition coefficient (Wildman–Crippen LogP) is 4.15. The number of nitrogens with one attached hydrogen (secondary N) is 1. The van der Waals surface area contributed by atoms with Gasteiger partial charge in [-0.1, -0.05) is 32.0 Å². The van der Waals surface area contributed by atoms with E-state index in [2.05, 4.69) is 18.6 Å². The monoisotopic (exact) mass is 407 g/mol. The molecule has 2 aromatic heterocycles. The third-order valence-electron chi connectivity index (χ3n) is 4.30. The fourth-order valence-corrected chi connectivity index (χ4v) is 5.29. The molecule has 0 fully saturated rings. The van der Waals surface area contributed by atoms with Crippen molar-refractivity contribution in [3.05, 3.63) is 74.6 Å². The molecule has 1 atom stereocenters. The summed E-state index contributed by atoms with van der Waals surface area (Å²) in [7, 11) is -3.72. The molecule has 0 aliphatic rings. The number of rotatable bonds is 7. The molecular weight excluding hydrogens is 386 g/mol. The average molecular weight is 408 g/mol. The minimum atomic E-state index is -3.72. The molecule has 2 heterocycles. The summed E-state index contributed by atoms with van der Waals surface area (Å²) >= 11 is 2.86. The molecule has 26 heavy (non-hydrogen) atoms. The maximum Gasteiger partial charge on any atom is 0.240 e. The first-order valence-electron chi connectivity index (χ1n) is 8.21. The van der Waals surface area contributed by atoms with Crippen LogP contribution >= 0.6 is 22.7 Å². The fraction of sp³-hybridized carbons (Fsp3) is 0.263. The Hall–Kier alpha value is -1.51. The van der Waals surface area contributed by atoms with E-state index in [-0.39, 0.29) is 11.4 Å². The highest BCUT2D eigenvalue weighted by Gasteiger charge is 2.34. The highest BCUT2D eigenvalue weighted by Crippen LogP contribution is 2.34. The first kappa shape index (κ1) is 19.3. The Kier molecular flexibility index (Phi) is 5.64. The Labute approximate surface area is 162 Å². The molecule has 138 valence electrons. The lowest BCUT2D eigenvalue weighted by molar-refractivity contribution is 0.0903. The van der Waals surface area contributed by atoms with Crippen LogP contribution in [0.5, 0.6) is 0 Å². The van der Waals surface area contributed by atoms with E-state index in [1.165, 1.54) is 22.7 Å². The first-order chi connectivity index (χ1) is 12.3. The maximum absolute atomic E-state index is 12.7. The molecule has 3 rings (SSSR count). The zero-order chi connectivity index (χ0) is 18.8. The molecule has 0 radical (unpaired) electrons. The molecule has 0 saturated carbocycles. The number of hydrogen-bond acceptors (Lipinski definition) is 5. The number of hydrogen-bond donors (Lipinski definition) is 2. The largest absolute Gasteiger partial charge is 0.378 e. The summed E-state index contributed by atoms with van der Waals surface area (Å²) in [5.41, 5.74) is 0.374. The van der Waals surface area contributed by atoms with Gasteiger partial charge in [0.25, 0.3) is 0 Å². The van der Waals surface area contributed by atoms with Gasteiger partial charge >= 0.3 is 0 Å². The molecule has 2 N–H and O–H groups in total. The molecule has 0 aliphatic carbocycles. The molecule has 0 saturated heterocycles. The van der Waals surface area contributed by atoms with Crippen molar-refractivity contribution in [2.24, 2.45) is 0 Å². The van der Waals surface area contributed by atoms with Gasteiger partial charge in [0.1, 0.15) is 5.60 Å². The Morgan fingerprint density at radius 2 is 1.85 bits per heavy atom. The Morgan fingerprint density at radius 3 is 2.38 bits per heavy atom. The van der Waals surface area contributed by atoms with Crippen LogP contribution < -0.4 is 4.72 Å². The zero-order valence-corrected chi connectivity index (χ0v) is 17.0. The second-order valence-electron chi connectivity index (χ2n) is 6.40. The van der Waals surface area contributed by atoms with Crippen LogP contribution in [0.25, 0.3) is 0 Å². The van der Waals surface area contributed by atoms with Crippen molar-refractivity contribution in [3.63, 3.8) is 0 Å². The Balaban J connectivity index is 1.85. The Morgan fingerprint density at radius 1 is 1.12 bits per heavy atom. The third kappa shape index (κ3) is 3.92. The molecule has 3 aromatic rings. The number of thiophene rings is 2. The summed E-state index contributed by atoms with van der Waals surface area (Å²) < 4.78 is 27.9. The van der Waals surface area contributed by atoms with E-state index in [9.17, 15) is 13.5 Å². The van der Waals surface area contributed by atoms with Gasteiger partial charge in [-0.2, -0.15) is 11.3 Å². The van der Waals surface area contributed by atoms with Gasteiger partial charge in [-0.15, -0.1) is 11.3 Å². The van der Waals surface area contributed by atoms with E-state index < -0.39 is 15.6 Å². The molecule has 0 amide bonds. The minimum absolute atomic E-state index is 0.126. The number of sulfonamides is 1. The molecule has 0 aliphatic heterocycles. The minimum Gasteiger partial charge on any atom is -0.378 e. The van der Waals surface area contributed by atoms with E-state index in [0.29, 0.717) is 16.4 Å². The van der Waals surface area contributed by atoms with Crippen LogP contribution in [0.3, 0.4) is 0 Å². The quantitative estimate of drug-likeness (QED) is 0.618. The molecule has 4 nitrogen and oxygen atoms in total. The standard InChI is InChI=1S/C19H21NO3S3/c1-14(2)15-5-7-17(8-6-15)26(22,23)20-13-19(21,16-9-11-24-12-16)18-4-3-10-25-18/h3-12,14,20-21H,13H2,1-2H3. The molecule has 1 unspecified atom stereocenters. The van der Waals surface area contributed by atoms with Crippen molar-refractivity contribution in [3.8, 4) is 0 Å². The molecule has 0 bridgehead atoms. The van der Waals surface area contributed by atoms with Crippen molar-refractivity contribution in [2.45, 2.75) is 30.3 Å². The average Bonchev–Trinajstić information content (AvgIpc) is 3.33. The van der Waals surface area contributed by atoms with Crippen LogP contribution in [0, 0.1) is 0 Å². The number of aliphatic hydroxyl groups is 1. The summed E-state index contributed by atoms with van der Waals surface area (Å²) in [5.74, 6) is 0.335. The third-order valence-corrected chi connectivity index (χ3v) is 7.42. The van der Waals surface area contributed by atoms with Crippen LogP contribution in [-0.2, 0) is 15.6 Å². The normalized spacial score (nSPS) is 14.5. The van der Waals surface area contributed by atoms with Crippen LogP contribution in [0.4, 0.5) is 0 Å². The van der Waals surface area contributed by atoms with Crippen LogP contribution in [0.1, 0.15) is 35.8 Å². The van der Waals surface area contributed by atoms with Gasteiger partial charge in [0.2, 0.25) is 10.0 Å². The van der Waals surface area contributed by atoms with Gasteiger partial charge in [0, 0.05) is 17.0 Å². The van der Waals surface area contributed by atoms with Crippen molar-refractivity contribution in [1.29, 1.82) is 0 Å². The topological polar surface area (TPSA) is 66.4 Å². The highest BCUT2D eigenvalue weighted by atomic mass is 32.2. The van der Waals surface area contributed by atoms with Gasteiger partial charge in [0.05, 0.1) is 4.90 Å². The Bertz CT molecular complexity index is 894. The van der Waals surface area contributed by atoms with Crippen molar-refractivity contribution in [1.82, 2.24) is 4.72 Å². The van der Waals surface area contributed by atoms with E-state index in [1.54, 1.807) is 12.1 Å². The van der Waals surface area contributed by atoms with E-state index in [4.69, 9.17) is 0 Å². The summed E-state index contributed by atoms with van der Waals surface area (Å²) in [5, 5.41) is 16.8. The van der Waals surface area contributed by atoms with Gasteiger partial charge in [-0.05, 0) is 51.9 Å². The second-order valence-corrected chi connectivity index (χ2v) is 9.89. The molecule has 1 aromatic carbocycles. The van der Waals surface area contributed by atoms with Crippen LogP contribution in [-0.4, -0.2) is 20.1 Å². The number of benzene rings is 1. The summed E-state index contributed by atoms with van der Waals surface area (Å²) in [6.45, 7) is 3.99. The molecule has 7 heteroatoms. The first-order valence-corrected chi connectivity index (χ1v) is 11.5. The van der Waals surface area contributed by atoms with Crippen molar-refractivity contribution >= 4 is 32.7 Å². The smallest absolute Gasteiger partial charge is 0.240 e. The van der Waals surface area contributed by atoms with Gasteiger partial charge in [0.15, 0.2) is 0 Å². The van der Waals surface area contributed by atoms with Gasteiger partial charge in [-0.25, -0.2) is 13.1 Å². The van der Waals surface area contributed by atoms with E-state index in [1.807, 2.05) is 46.5 Å².